The summed E-state index contributed by atoms with van der Waals surface area (Å²) in [5.41, 5.74) is 2.13. The molecule has 0 aliphatic rings. The molecule has 1 amide bonds. The summed E-state index contributed by atoms with van der Waals surface area (Å²) in [6, 6.07) is 11.3. The van der Waals surface area contributed by atoms with Crippen molar-refractivity contribution in [3.8, 4) is 0 Å². The summed E-state index contributed by atoms with van der Waals surface area (Å²) in [5.74, 6) is -1.66. The lowest BCUT2D eigenvalue weighted by molar-refractivity contribution is -0.146. The monoisotopic (exact) mass is 418 g/mol. The fourth-order valence-electron chi connectivity index (χ4n) is 2.44. The molecule has 0 fully saturated rings. The molecule has 0 saturated heterocycles. The van der Waals surface area contributed by atoms with Gasteiger partial charge in [0.1, 0.15) is 6.54 Å². The van der Waals surface area contributed by atoms with Gasteiger partial charge in [-0.25, -0.2) is 8.42 Å². The molecule has 2 aromatic rings. The first-order valence-electron chi connectivity index (χ1n) is 8.72. The normalized spacial score (nSPS) is 11.0. The minimum Gasteiger partial charge on any atom is -0.455 e. The van der Waals surface area contributed by atoms with Gasteiger partial charge in [0.25, 0.3) is 5.91 Å². The van der Waals surface area contributed by atoms with Gasteiger partial charge in [-0.15, -0.1) is 0 Å². The summed E-state index contributed by atoms with van der Waals surface area (Å²) in [4.78, 5) is 35.1. The summed E-state index contributed by atoms with van der Waals surface area (Å²) in [6.07, 6.45) is 0. The molecule has 0 saturated carbocycles. The number of nitrogens with one attached hydrogen (secondary N) is 2. The third-order valence-corrected chi connectivity index (χ3v) is 5.50. The summed E-state index contributed by atoms with van der Waals surface area (Å²) in [7, 11) is -3.89. The van der Waals surface area contributed by atoms with Crippen LogP contribution in [0.5, 0.6) is 0 Å². The molecule has 2 rings (SSSR count). The molecule has 2 N–H and O–H groups in total. The Bertz CT molecular complexity index is 1050. The standard InChI is InChI=1S/C20H22N2O6S/c1-13-7-8-14(2)18(9-13)29(26,27)21-11-20(25)28-12-19(24)22-17-6-4-5-16(10-17)15(3)23/h4-10,21H,11-12H2,1-3H3,(H,22,24). The molecule has 0 bridgehead atoms. The van der Waals surface area contributed by atoms with E-state index < -0.39 is 35.1 Å². The van der Waals surface area contributed by atoms with Crippen LogP contribution in [0.3, 0.4) is 0 Å². The number of esters is 1. The van der Waals surface area contributed by atoms with Crippen molar-refractivity contribution in [1.29, 1.82) is 0 Å². The first-order chi connectivity index (χ1) is 13.6. The molecule has 0 atom stereocenters. The smallest absolute Gasteiger partial charge is 0.321 e. The summed E-state index contributed by atoms with van der Waals surface area (Å²) in [5, 5.41) is 2.50. The SMILES string of the molecule is CC(=O)c1cccc(NC(=O)COC(=O)CNS(=O)(=O)c2cc(C)ccc2C)c1. The maximum absolute atomic E-state index is 12.4. The van der Waals surface area contributed by atoms with Crippen LogP contribution in [0.4, 0.5) is 5.69 Å². The second kappa shape index (κ2) is 9.44. The van der Waals surface area contributed by atoms with Crippen molar-refractivity contribution in [2.24, 2.45) is 0 Å². The number of ketones is 1. The zero-order valence-electron chi connectivity index (χ0n) is 16.3. The van der Waals surface area contributed by atoms with E-state index in [0.717, 1.165) is 5.56 Å². The lowest BCUT2D eigenvalue weighted by atomic mass is 10.1. The van der Waals surface area contributed by atoms with Crippen molar-refractivity contribution in [2.75, 3.05) is 18.5 Å². The number of ether oxygens (including phenoxy) is 1. The third-order valence-electron chi connectivity index (χ3n) is 3.96. The molecule has 0 heterocycles. The average Bonchev–Trinajstić information content (AvgIpc) is 2.66. The van der Waals surface area contributed by atoms with E-state index in [9.17, 15) is 22.8 Å². The molecule has 0 radical (unpaired) electrons. The Morgan fingerprint density at radius 2 is 1.76 bits per heavy atom. The molecular formula is C20H22N2O6S. The Morgan fingerprint density at radius 1 is 1.03 bits per heavy atom. The van der Waals surface area contributed by atoms with E-state index in [1.807, 2.05) is 0 Å². The summed E-state index contributed by atoms with van der Waals surface area (Å²) in [6.45, 7) is 3.62. The molecule has 0 aliphatic heterocycles. The van der Waals surface area contributed by atoms with E-state index in [1.54, 1.807) is 44.2 Å². The van der Waals surface area contributed by atoms with Gasteiger partial charge >= 0.3 is 5.97 Å². The number of amides is 1. The van der Waals surface area contributed by atoms with E-state index in [1.165, 1.54) is 19.1 Å². The number of hydrogen-bond donors (Lipinski definition) is 2. The van der Waals surface area contributed by atoms with Crippen molar-refractivity contribution in [3.05, 3.63) is 59.2 Å². The van der Waals surface area contributed by atoms with Gasteiger partial charge in [0.15, 0.2) is 12.4 Å². The number of rotatable bonds is 8. The second-order valence-corrected chi connectivity index (χ2v) is 8.17. The molecule has 0 spiro atoms. The van der Waals surface area contributed by atoms with E-state index in [2.05, 4.69) is 10.0 Å². The zero-order chi connectivity index (χ0) is 21.6. The number of carbonyl (C=O) groups excluding carboxylic acids is 3. The molecule has 0 aliphatic carbocycles. The quantitative estimate of drug-likeness (QED) is 0.500. The van der Waals surface area contributed by atoms with Gasteiger partial charge in [0.05, 0.1) is 4.90 Å². The number of sulfonamides is 1. The molecule has 9 heteroatoms. The number of Topliss-reactive ketones (excluding diaryl/α,β-unsaturated/α-hetero) is 1. The van der Waals surface area contributed by atoms with Crippen LogP contribution < -0.4 is 10.0 Å². The highest BCUT2D eigenvalue weighted by Crippen LogP contribution is 2.16. The van der Waals surface area contributed by atoms with Gasteiger partial charge in [-0.3, -0.25) is 14.4 Å². The van der Waals surface area contributed by atoms with Crippen molar-refractivity contribution in [1.82, 2.24) is 4.72 Å². The summed E-state index contributed by atoms with van der Waals surface area (Å²) >= 11 is 0. The van der Waals surface area contributed by atoms with Gasteiger partial charge < -0.3 is 10.1 Å². The largest absolute Gasteiger partial charge is 0.455 e. The van der Waals surface area contributed by atoms with Crippen LogP contribution >= 0.6 is 0 Å². The van der Waals surface area contributed by atoms with Crippen LogP contribution in [0, 0.1) is 13.8 Å². The Morgan fingerprint density at radius 3 is 2.45 bits per heavy atom. The minimum absolute atomic E-state index is 0.0772. The minimum atomic E-state index is -3.89. The predicted octanol–water partition coefficient (Wildman–Crippen LogP) is 1.97. The first-order valence-corrected chi connectivity index (χ1v) is 10.2. The van der Waals surface area contributed by atoms with Crippen LogP contribution in [0.25, 0.3) is 0 Å². The topological polar surface area (TPSA) is 119 Å². The number of hydrogen-bond acceptors (Lipinski definition) is 6. The average molecular weight is 418 g/mol. The fourth-order valence-corrected chi connectivity index (χ4v) is 3.73. The summed E-state index contributed by atoms with van der Waals surface area (Å²) < 4.78 is 31.7. The van der Waals surface area contributed by atoms with E-state index in [0.29, 0.717) is 16.8 Å². The number of carbonyl (C=O) groups is 3. The van der Waals surface area contributed by atoms with Crippen molar-refractivity contribution in [3.63, 3.8) is 0 Å². The molecular weight excluding hydrogens is 396 g/mol. The fraction of sp³-hybridized carbons (Fsp3) is 0.250. The van der Waals surface area contributed by atoms with Crippen molar-refractivity contribution in [2.45, 2.75) is 25.7 Å². The predicted molar refractivity (Wildman–Crippen MR) is 107 cm³/mol. The van der Waals surface area contributed by atoms with E-state index in [4.69, 9.17) is 4.74 Å². The Balaban J connectivity index is 1.86. The molecule has 29 heavy (non-hydrogen) atoms. The highest BCUT2D eigenvalue weighted by Gasteiger charge is 2.19. The molecule has 8 nitrogen and oxygen atoms in total. The maximum Gasteiger partial charge on any atom is 0.321 e. The maximum atomic E-state index is 12.4. The Hall–Kier alpha value is -3.04. The van der Waals surface area contributed by atoms with Crippen molar-refractivity contribution < 1.29 is 27.5 Å². The highest BCUT2D eigenvalue weighted by molar-refractivity contribution is 7.89. The van der Waals surface area contributed by atoms with Crippen LogP contribution in [-0.4, -0.2) is 39.2 Å². The van der Waals surface area contributed by atoms with Gasteiger partial charge in [-0.2, -0.15) is 4.72 Å². The van der Waals surface area contributed by atoms with Gasteiger partial charge in [0.2, 0.25) is 10.0 Å². The van der Waals surface area contributed by atoms with Gasteiger partial charge in [-0.1, -0.05) is 24.3 Å². The van der Waals surface area contributed by atoms with Crippen LogP contribution in [-0.2, 0) is 24.3 Å². The number of anilines is 1. The van der Waals surface area contributed by atoms with Gasteiger partial charge in [0, 0.05) is 11.3 Å². The number of aryl methyl sites for hydroxylation is 2. The Labute approximate surface area is 169 Å². The second-order valence-electron chi connectivity index (χ2n) is 6.44. The van der Waals surface area contributed by atoms with Crippen LogP contribution in [0.1, 0.15) is 28.4 Å². The van der Waals surface area contributed by atoms with Gasteiger partial charge in [-0.05, 0) is 50.1 Å². The third kappa shape index (κ3) is 6.51. The van der Waals surface area contributed by atoms with E-state index in [-0.39, 0.29) is 10.7 Å². The van der Waals surface area contributed by atoms with Crippen molar-refractivity contribution >= 4 is 33.4 Å². The molecule has 2 aromatic carbocycles. The van der Waals surface area contributed by atoms with E-state index >= 15 is 0 Å². The lowest BCUT2D eigenvalue weighted by Gasteiger charge is -2.10. The highest BCUT2D eigenvalue weighted by atomic mass is 32.2. The molecule has 0 unspecified atom stereocenters. The first kappa shape index (κ1) is 22.3. The Kier molecular flexibility index (Phi) is 7.24. The molecule has 0 aromatic heterocycles. The number of benzene rings is 2. The van der Waals surface area contributed by atoms with Crippen LogP contribution in [0.2, 0.25) is 0 Å². The zero-order valence-corrected chi connectivity index (χ0v) is 17.1. The lowest BCUT2D eigenvalue weighted by Crippen LogP contribution is -2.32. The van der Waals surface area contributed by atoms with Crippen LogP contribution in [0.15, 0.2) is 47.4 Å². The molecule has 154 valence electrons.